The summed E-state index contributed by atoms with van der Waals surface area (Å²) >= 11 is 3.44. The zero-order chi connectivity index (χ0) is 11.5. The highest BCUT2D eigenvalue weighted by atomic mass is 79.9. The summed E-state index contributed by atoms with van der Waals surface area (Å²) in [6.07, 6.45) is 0. The highest BCUT2D eigenvalue weighted by Gasteiger charge is 2.12. The molecule has 1 N–H and O–H groups in total. The van der Waals surface area contributed by atoms with Gasteiger partial charge >= 0.3 is 0 Å². The summed E-state index contributed by atoms with van der Waals surface area (Å²) in [5, 5.41) is 3.54. The average Bonchev–Trinajstić information content (AvgIpc) is 2.14. The molecule has 15 heavy (non-hydrogen) atoms. The van der Waals surface area contributed by atoms with E-state index in [1.54, 1.807) is 0 Å². The summed E-state index contributed by atoms with van der Waals surface area (Å²) in [4.78, 5) is 0. The second-order valence-electron chi connectivity index (χ2n) is 5.21. The van der Waals surface area contributed by atoms with Crippen molar-refractivity contribution in [1.29, 1.82) is 0 Å². The Bertz CT molecular complexity index is 297. The summed E-state index contributed by atoms with van der Waals surface area (Å²) in [5.74, 6) is 0. The van der Waals surface area contributed by atoms with E-state index in [4.69, 9.17) is 0 Å². The van der Waals surface area contributed by atoms with Gasteiger partial charge in [-0.15, -0.1) is 0 Å². The van der Waals surface area contributed by atoms with E-state index in [9.17, 15) is 0 Å². The normalized spacial score (nSPS) is 13.9. The molecule has 0 aliphatic heterocycles. The van der Waals surface area contributed by atoms with Crippen LogP contribution in [-0.4, -0.2) is 6.54 Å². The van der Waals surface area contributed by atoms with Gasteiger partial charge in [0.1, 0.15) is 0 Å². The van der Waals surface area contributed by atoms with Crippen LogP contribution in [0.4, 0.5) is 0 Å². The molecule has 1 aromatic rings. The third-order valence-electron chi connectivity index (χ3n) is 2.31. The molecule has 0 radical (unpaired) electrons. The van der Waals surface area contributed by atoms with Gasteiger partial charge in [0.25, 0.3) is 0 Å². The molecule has 0 unspecified atom stereocenters. The van der Waals surface area contributed by atoms with Crippen LogP contribution in [0.3, 0.4) is 0 Å². The number of halogens is 1. The monoisotopic (exact) mass is 269 g/mol. The SMILES string of the molecule is C[C@H](NCC(C)(C)C)c1ccc(Br)cc1. The second kappa shape index (κ2) is 5.13. The minimum Gasteiger partial charge on any atom is -0.310 e. The molecule has 0 heterocycles. The van der Waals surface area contributed by atoms with Crippen molar-refractivity contribution >= 4 is 15.9 Å². The van der Waals surface area contributed by atoms with Crippen LogP contribution in [0.2, 0.25) is 0 Å². The molecule has 0 fully saturated rings. The number of hydrogen-bond acceptors (Lipinski definition) is 1. The Morgan fingerprint density at radius 3 is 2.20 bits per heavy atom. The molecule has 1 aromatic carbocycles. The van der Waals surface area contributed by atoms with E-state index in [2.05, 4.69) is 73.2 Å². The van der Waals surface area contributed by atoms with Gasteiger partial charge in [0, 0.05) is 17.1 Å². The van der Waals surface area contributed by atoms with Gasteiger partial charge in [-0.2, -0.15) is 0 Å². The molecule has 0 saturated heterocycles. The molecule has 0 aliphatic rings. The largest absolute Gasteiger partial charge is 0.310 e. The van der Waals surface area contributed by atoms with Gasteiger partial charge in [0.2, 0.25) is 0 Å². The molecular weight excluding hydrogens is 250 g/mol. The fourth-order valence-electron chi connectivity index (χ4n) is 1.33. The second-order valence-corrected chi connectivity index (χ2v) is 6.13. The van der Waals surface area contributed by atoms with Crippen LogP contribution >= 0.6 is 15.9 Å². The molecule has 2 heteroatoms. The quantitative estimate of drug-likeness (QED) is 0.870. The van der Waals surface area contributed by atoms with Crippen LogP contribution in [0.5, 0.6) is 0 Å². The van der Waals surface area contributed by atoms with Crippen LogP contribution in [-0.2, 0) is 0 Å². The number of rotatable bonds is 3. The Kier molecular flexibility index (Phi) is 4.35. The van der Waals surface area contributed by atoms with Crippen molar-refractivity contribution in [3.8, 4) is 0 Å². The summed E-state index contributed by atoms with van der Waals surface area (Å²) in [6.45, 7) is 9.97. The lowest BCUT2D eigenvalue weighted by molar-refractivity contribution is 0.359. The summed E-state index contributed by atoms with van der Waals surface area (Å²) in [5.41, 5.74) is 1.67. The van der Waals surface area contributed by atoms with Crippen molar-refractivity contribution in [3.05, 3.63) is 34.3 Å². The molecule has 0 bridgehead atoms. The highest BCUT2D eigenvalue weighted by Crippen LogP contribution is 2.18. The van der Waals surface area contributed by atoms with Crippen LogP contribution in [0, 0.1) is 5.41 Å². The van der Waals surface area contributed by atoms with Crippen LogP contribution in [0.1, 0.15) is 39.3 Å². The van der Waals surface area contributed by atoms with E-state index in [0.29, 0.717) is 11.5 Å². The fraction of sp³-hybridized carbons (Fsp3) is 0.538. The van der Waals surface area contributed by atoms with Crippen LogP contribution in [0.25, 0.3) is 0 Å². The Morgan fingerprint density at radius 2 is 1.73 bits per heavy atom. The molecule has 1 nitrogen and oxygen atoms in total. The van der Waals surface area contributed by atoms with E-state index < -0.39 is 0 Å². The Hall–Kier alpha value is -0.340. The number of nitrogens with one attached hydrogen (secondary N) is 1. The van der Waals surface area contributed by atoms with Crippen molar-refractivity contribution in [2.24, 2.45) is 5.41 Å². The molecule has 0 aromatic heterocycles. The zero-order valence-electron chi connectivity index (χ0n) is 9.97. The predicted octanol–water partition coefficient (Wildman–Crippen LogP) is 4.15. The lowest BCUT2D eigenvalue weighted by Crippen LogP contribution is -2.29. The van der Waals surface area contributed by atoms with Crippen molar-refractivity contribution in [1.82, 2.24) is 5.32 Å². The van der Waals surface area contributed by atoms with E-state index >= 15 is 0 Å². The third-order valence-corrected chi connectivity index (χ3v) is 2.84. The smallest absolute Gasteiger partial charge is 0.0292 e. The average molecular weight is 270 g/mol. The van der Waals surface area contributed by atoms with E-state index in [1.807, 2.05) is 0 Å². The summed E-state index contributed by atoms with van der Waals surface area (Å²) in [7, 11) is 0. The molecule has 0 spiro atoms. The number of hydrogen-bond donors (Lipinski definition) is 1. The minimum absolute atomic E-state index is 0.337. The van der Waals surface area contributed by atoms with Gasteiger partial charge in [-0.3, -0.25) is 0 Å². The van der Waals surface area contributed by atoms with Gasteiger partial charge in [-0.1, -0.05) is 48.8 Å². The van der Waals surface area contributed by atoms with Gasteiger partial charge in [0.15, 0.2) is 0 Å². The first kappa shape index (κ1) is 12.7. The van der Waals surface area contributed by atoms with E-state index in [0.717, 1.165) is 11.0 Å². The maximum absolute atomic E-state index is 3.54. The fourth-order valence-corrected chi connectivity index (χ4v) is 1.59. The molecular formula is C13H20BrN. The Balaban J connectivity index is 2.54. The van der Waals surface area contributed by atoms with E-state index in [1.165, 1.54) is 5.56 Å². The van der Waals surface area contributed by atoms with Crippen molar-refractivity contribution in [3.63, 3.8) is 0 Å². The molecule has 0 saturated carbocycles. The van der Waals surface area contributed by atoms with Gasteiger partial charge in [-0.05, 0) is 30.0 Å². The Labute approximate surface area is 101 Å². The zero-order valence-corrected chi connectivity index (χ0v) is 11.6. The third kappa shape index (κ3) is 4.80. The van der Waals surface area contributed by atoms with Crippen molar-refractivity contribution in [2.45, 2.75) is 33.7 Å². The van der Waals surface area contributed by atoms with Gasteiger partial charge in [0.05, 0.1) is 0 Å². The number of benzene rings is 1. The summed E-state index contributed by atoms with van der Waals surface area (Å²) < 4.78 is 1.13. The molecule has 1 rings (SSSR count). The van der Waals surface area contributed by atoms with Crippen LogP contribution in [0.15, 0.2) is 28.7 Å². The standard InChI is InChI=1S/C13H20BrN/c1-10(15-9-13(2,3)4)11-5-7-12(14)8-6-11/h5-8,10,15H,9H2,1-4H3/t10-/m0/s1. The molecule has 84 valence electrons. The van der Waals surface area contributed by atoms with Crippen LogP contribution < -0.4 is 5.32 Å². The van der Waals surface area contributed by atoms with Gasteiger partial charge in [-0.25, -0.2) is 0 Å². The maximum atomic E-state index is 3.54. The summed E-state index contributed by atoms with van der Waals surface area (Å²) in [6, 6.07) is 8.90. The molecule has 0 aliphatic carbocycles. The maximum Gasteiger partial charge on any atom is 0.0292 e. The van der Waals surface area contributed by atoms with Crippen molar-refractivity contribution in [2.75, 3.05) is 6.54 Å². The van der Waals surface area contributed by atoms with Gasteiger partial charge < -0.3 is 5.32 Å². The topological polar surface area (TPSA) is 12.0 Å². The highest BCUT2D eigenvalue weighted by molar-refractivity contribution is 9.10. The lowest BCUT2D eigenvalue weighted by atomic mass is 9.96. The first-order valence-corrected chi connectivity index (χ1v) is 6.17. The lowest BCUT2D eigenvalue weighted by Gasteiger charge is -2.22. The minimum atomic E-state index is 0.337. The molecule has 0 amide bonds. The first-order valence-electron chi connectivity index (χ1n) is 5.37. The Morgan fingerprint density at radius 1 is 1.20 bits per heavy atom. The predicted molar refractivity (Wildman–Crippen MR) is 70.0 cm³/mol. The van der Waals surface area contributed by atoms with E-state index in [-0.39, 0.29) is 0 Å². The molecule has 1 atom stereocenters. The first-order chi connectivity index (χ1) is 6.88. The van der Waals surface area contributed by atoms with Crippen molar-refractivity contribution < 1.29 is 0 Å².